The Bertz CT molecular complexity index is 567. The van der Waals surface area contributed by atoms with Crippen LogP contribution < -0.4 is 0 Å². The van der Waals surface area contributed by atoms with Gasteiger partial charge in [-0.25, -0.2) is 4.79 Å². The Balaban J connectivity index is 1.56. The molecule has 5 nitrogen and oxygen atoms in total. The van der Waals surface area contributed by atoms with Crippen molar-refractivity contribution in [2.75, 3.05) is 13.2 Å². The van der Waals surface area contributed by atoms with Gasteiger partial charge in [0.05, 0.1) is 5.56 Å². The van der Waals surface area contributed by atoms with Gasteiger partial charge in [0.1, 0.15) is 5.75 Å². The molecule has 0 aromatic heterocycles. The molecule has 1 amide bonds. The lowest BCUT2D eigenvalue weighted by Crippen LogP contribution is -2.50. The number of aromatic hydroxyl groups is 1. The quantitative estimate of drug-likeness (QED) is 0.871. The van der Waals surface area contributed by atoms with E-state index in [-0.39, 0.29) is 18.3 Å². The van der Waals surface area contributed by atoms with E-state index in [1.807, 2.05) is 4.90 Å². The molecule has 2 atom stereocenters. The summed E-state index contributed by atoms with van der Waals surface area (Å²) < 4.78 is 5.15. The van der Waals surface area contributed by atoms with Crippen LogP contribution in [-0.4, -0.2) is 41.1 Å². The number of hydrogen-bond donors (Lipinski definition) is 1. The van der Waals surface area contributed by atoms with Crippen LogP contribution in [0.3, 0.4) is 0 Å². The largest absolute Gasteiger partial charge is 0.508 e. The topological polar surface area (TPSA) is 66.8 Å². The molecular formula is C18H23NO4. The fourth-order valence-electron chi connectivity index (χ4n) is 3.83. The van der Waals surface area contributed by atoms with Gasteiger partial charge in [-0.05, 0) is 55.9 Å². The minimum absolute atomic E-state index is 0.0891. The molecule has 0 radical (unpaired) electrons. The van der Waals surface area contributed by atoms with Crippen molar-refractivity contribution in [3.8, 4) is 5.75 Å². The third-order valence-corrected chi connectivity index (χ3v) is 4.99. The number of phenols is 1. The second-order valence-electron chi connectivity index (χ2n) is 6.46. The van der Waals surface area contributed by atoms with Gasteiger partial charge in [0.2, 0.25) is 0 Å². The van der Waals surface area contributed by atoms with Gasteiger partial charge in [-0.2, -0.15) is 0 Å². The number of carbonyl (C=O) groups excluding carboxylic acids is 2. The lowest BCUT2D eigenvalue weighted by atomic mass is 9.78. The number of hydrogen-bond acceptors (Lipinski definition) is 4. The molecule has 0 spiro atoms. The Morgan fingerprint density at radius 1 is 1.09 bits per heavy atom. The van der Waals surface area contributed by atoms with Crippen LogP contribution in [0.4, 0.5) is 0 Å². The summed E-state index contributed by atoms with van der Waals surface area (Å²) in [6, 6.07) is 6.16. The molecule has 124 valence electrons. The maximum atomic E-state index is 12.5. The molecule has 2 aliphatic rings. The van der Waals surface area contributed by atoms with Crippen molar-refractivity contribution in [3.63, 3.8) is 0 Å². The fraction of sp³-hybridized carbons (Fsp3) is 0.556. The summed E-state index contributed by atoms with van der Waals surface area (Å²) in [5.41, 5.74) is 0.338. The van der Waals surface area contributed by atoms with Gasteiger partial charge in [-0.3, -0.25) is 4.79 Å². The maximum absolute atomic E-state index is 12.5. The van der Waals surface area contributed by atoms with Crippen molar-refractivity contribution in [2.45, 2.75) is 44.6 Å². The Morgan fingerprint density at radius 2 is 1.78 bits per heavy atom. The third-order valence-electron chi connectivity index (χ3n) is 4.99. The lowest BCUT2D eigenvalue weighted by Gasteiger charge is -2.44. The van der Waals surface area contributed by atoms with Gasteiger partial charge in [0.25, 0.3) is 5.91 Å². The summed E-state index contributed by atoms with van der Waals surface area (Å²) >= 11 is 0. The van der Waals surface area contributed by atoms with Gasteiger partial charge in [0, 0.05) is 12.6 Å². The molecule has 1 N–H and O–H groups in total. The molecule has 3 rings (SSSR count). The fourth-order valence-corrected chi connectivity index (χ4v) is 3.83. The Labute approximate surface area is 136 Å². The molecule has 5 heteroatoms. The van der Waals surface area contributed by atoms with E-state index in [0.717, 1.165) is 19.4 Å². The molecule has 1 aromatic carbocycles. The number of carbonyl (C=O) groups is 2. The van der Waals surface area contributed by atoms with Crippen LogP contribution in [0.2, 0.25) is 0 Å². The van der Waals surface area contributed by atoms with Crippen molar-refractivity contribution in [2.24, 2.45) is 5.92 Å². The van der Waals surface area contributed by atoms with Crippen LogP contribution in [0, 0.1) is 5.92 Å². The Hall–Kier alpha value is -2.04. The van der Waals surface area contributed by atoms with Crippen LogP contribution in [0.1, 0.15) is 48.9 Å². The highest BCUT2D eigenvalue weighted by atomic mass is 16.5. The van der Waals surface area contributed by atoms with E-state index in [9.17, 15) is 14.7 Å². The first-order valence-electron chi connectivity index (χ1n) is 8.41. The number of rotatable bonds is 3. The number of esters is 1. The summed E-state index contributed by atoms with van der Waals surface area (Å²) in [6.45, 7) is 0.569. The van der Waals surface area contributed by atoms with Crippen LogP contribution in [0.5, 0.6) is 5.75 Å². The highest BCUT2D eigenvalue weighted by Gasteiger charge is 2.35. The molecule has 0 unspecified atom stereocenters. The van der Waals surface area contributed by atoms with E-state index in [0.29, 0.717) is 17.5 Å². The van der Waals surface area contributed by atoms with Gasteiger partial charge in [-0.1, -0.05) is 12.8 Å². The van der Waals surface area contributed by atoms with Gasteiger partial charge in [-0.15, -0.1) is 0 Å². The molecule has 1 aliphatic carbocycles. The number of nitrogens with zero attached hydrogens (tertiary/aromatic N) is 1. The number of likely N-dealkylation sites (tertiary alicyclic amines) is 1. The van der Waals surface area contributed by atoms with E-state index in [2.05, 4.69) is 0 Å². The summed E-state index contributed by atoms with van der Waals surface area (Å²) in [5.74, 6) is 0.0906. The highest BCUT2D eigenvalue weighted by Crippen LogP contribution is 2.35. The summed E-state index contributed by atoms with van der Waals surface area (Å²) in [5, 5.41) is 9.22. The zero-order chi connectivity index (χ0) is 16.2. The second kappa shape index (κ2) is 7.02. The molecule has 1 saturated carbocycles. The molecule has 1 aromatic rings. The molecule has 1 aliphatic heterocycles. The van der Waals surface area contributed by atoms with Crippen molar-refractivity contribution < 1.29 is 19.4 Å². The summed E-state index contributed by atoms with van der Waals surface area (Å²) in [7, 11) is 0. The van der Waals surface area contributed by atoms with Gasteiger partial charge in [0.15, 0.2) is 6.61 Å². The number of ether oxygens (including phenoxy) is 1. The SMILES string of the molecule is O=C(OCC(=O)N1CCC[C@H]2CCCC[C@@H]21)c1ccc(O)cc1. The molecule has 0 bridgehead atoms. The van der Waals surface area contributed by atoms with Crippen LogP contribution >= 0.6 is 0 Å². The van der Waals surface area contributed by atoms with Crippen molar-refractivity contribution in [1.29, 1.82) is 0 Å². The number of piperidine rings is 1. The van der Waals surface area contributed by atoms with Crippen molar-refractivity contribution >= 4 is 11.9 Å². The molecule has 1 heterocycles. The third kappa shape index (κ3) is 3.66. The number of phenolic OH excluding ortho intramolecular Hbond substituents is 1. The van der Waals surface area contributed by atoms with Crippen LogP contribution in [0.15, 0.2) is 24.3 Å². The first-order chi connectivity index (χ1) is 11.1. The standard InChI is InChI=1S/C18H23NO4/c20-15-9-7-14(8-10-15)18(22)23-12-17(21)19-11-3-5-13-4-1-2-6-16(13)19/h7-10,13,16,20H,1-6,11-12H2/t13-,16+/m1/s1. The molecule has 1 saturated heterocycles. The Morgan fingerprint density at radius 3 is 2.57 bits per heavy atom. The van der Waals surface area contributed by atoms with E-state index < -0.39 is 5.97 Å². The van der Waals surface area contributed by atoms with E-state index >= 15 is 0 Å². The van der Waals surface area contributed by atoms with Gasteiger partial charge >= 0.3 is 5.97 Å². The predicted molar refractivity (Wildman–Crippen MR) is 85.1 cm³/mol. The van der Waals surface area contributed by atoms with E-state index in [1.54, 1.807) is 0 Å². The van der Waals surface area contributed by atoms with Crippen molar-refractivity contribution in [3.05, 3.63) is 29.8 Å². The molecular weight excluding hydrogens is 294 g/mol. The average molecular weight is 317 g/mol. The summed E-state index contributed by atoms with van der Waals surface area (Å²) in [4.78, 5) is 26.3. The zero-order valence-electron chi connectivity index (χ0n) is 13.2. The molecule has 23 heavy (non-hydrogen) atoms. The average Bonchev–Trinajstić information content (AvgIpc) is 2.59. The number of benzene rings is 1. The van der Waals surface area contributed by atoms with Crippen LogP contribution in [-0.2, 0) is 9.53 Å². The first-order valence-corrected chi connectivity index (χ1v) is 8.41. The van der Waals surface area contributed by atoms with Gasteiger partial charge < -0.3 is 14.7 Å². The lowest BCUT2D eigenvalue weighted by molar-refractivity contribution is -0.140. The van der Waals surface area contributed by atoms with E-state index in [4.69, 9.17) is 4.74 Å². The second-order valence-corrected chi connectivity index (χ2v) is 6.46. The maximum Gasteiger partial charge on any atom is 0.338 e. The van der Waals surface area contributed by atoms with Crippen molar-refractivity contribution in [1.82, 2.24) is 4.90 Å². The number of amides is 1. The normalized spacial score (nSPS) is 23.9. The monoisotopic (exact) mass is 317 g/mol. The number of fused-ring (bicyclic) bond motifs is 1. The minimum Gasteiger partial charge on any atom is -0.508 e. The highest BCUT2D eigenvalue weighted by molar-refractivity contribution is 5.91. The smallest absolute Gasteiger partial charge is 0.338 e. The Kier molecular flexibility index (Phi) is 4.84. The zero-order valence-corrected chi connectivity index (χ0v) is 13.2. The predicted octanol–water partition coefficient (Wildman–Crippen LogP) is 2.73. The van der Waals surface area contributed by atoms with Crippen LogP contribution in [0.25, 0.3) is 0 Å². The first kappa shape index (κ1) is 15.8. The van der Waals surface area contributed by atoms with E-state index in [1.165, 1.54) is 49.9 Å². The molecule has 2 fully saturated rings. The summed E-state index contributed by atoms with van der Waals surface area (Å²) in [6.07, 6.45) is 6.97. The minimum atomic E-state index is -0.532.